The number of carboxylic acids is 1. The molecule has 1 aromatic carbocycles. The minimum Gasteiger partial charge on any atom is -0.477 e. The summed E-state index contributed by atoms with van der Waals surface area (Å²) in [4.78, 5) is 24.0. The van der Waals surface area contributed by atoms with Crippen molar-refractivity contribution in [2.75, 3.05) is 0 Å². The topological polar surface area (TPSA) is 101 Å². The van der Waals surface area contributed by atoms with E-state index in [9.17, 15) is 18.0 Å². The molecule has 25 heavy (non-hydrogen) atoms. The molecule has 0 radical (unpaired) electrons. The van der Waals surface area contributed by atoms with Crippen LogP contribution < -0.4 is 5.32 Å². The zero-order chi connectivity index (χ0) is 18.6. The van der Waals surface area contributed by atoms with Gasteiger partial charge in [0, 0.05) is 4.88 Å². The van der Waals surface area contributed by atoms with Crippen molar-refractivity contribution in [1.29, 1.82) is 0 Å². The fourth-order valence-corrected chi connectivity index (χ4v) is 3.94. The average Bonchev–Trinajstić information content (AvgIpc) is 3.02. The van der Waals surface area contributed by atoms with E-state index in [-0.39, 0.29) is 28.6 Å². The van der Waals surface area contributed by atoms with Crippen LogP contribution in [0.1, 0.15) is 34.0 Å². The third-order valence-corrected chi connectivity index (χ3v) is 6.81. The van der Waals surface area contributed by atoms with Crippen LogP contribution >= 0.6 is 11.3 Å². The van der Waals surface area contributed by atoms with Crippen molar-refractivity contribution < 1.29 is 23.1 Å². The van der Waals surface area contributed by atoms with Crippen LogP contribution in [0.2, 0.25) is 0 Å². The van der Waals surface area contributed by atoms with Gasteiger partial charge in [-0.15, -0.1) is 11.3 Å². The Morgan fingerprint density at radius 3 is 2.28 bits per heavy atom. The highest BCUT2D eigenvalue weighted by molar-refractivity contribution is 7.92. The second-order valence-corrected chi connectivity index (χ2v) is 9.43. The molecular weight excluding hydrogens is 362 g/mol. The minimum atomic E-state index is -3.32. The molecule has 0 saturated heterocycles. The van der Waals surface area contributed by atoms with E-state index in [0.29, 0.717) is 5.56 Å². The van der Waals surface area contributed by atoms with Crippen LogP contribution in [-0.4, -0.2) is 30.7 Å². The first-order chi connectivity index (χ1) is 11.7. The van der Waals surface area contributed by atoms with Crippen LogP contribution in [0, 0.1) is 0 Å². The molecule has 0 spiro atoms. The number of carboxylic acid groups (broad SMARTS) is 1. The summed E-state index contributed by atoms with van der Waals surface area (Å²) in [5, 5.41) is 11.1. The molecule has 0 aliphatic heterocycles. The molecule has 1 heterocycles. The van der Waals surface area contributed by atoms with Gasteiger partial charge in [-0.25, -0.2) is 13.2 Å². The molecule has 8 heteroatoms. The Hall–Kier alpha value is -2.19. The number of hydrogen-bond acceptors (Lipinski definition) is 5. The van der Waals surface area contributed by atoms with Crippen LogP contribution in [0.15, 0.2) is 41.3 Å². The zero-order valence-electron chi connectivity index (χ0n) is 13.9. The van der Waals surface area contributed by atoms with Crippen LogP contribution in [0.5, 0.6) is 0 Å². The average molecular weight is 381 g/mol. The number of rotatable bonds is 7. The van der Waals surface area contributed by atoms with E-state index in [0.717, 1.165) is 16.2 Å². The molecule has 2 rings (SSSR count). The van der Waals surface area contributed by atoms with Gasteiger partial charge < -0.3 is 10.4 Å². The first kappa shape index (κ1) is 19.1. The Kier molecular flexibility index (Phi) is 5.97. The Bertz CT molecular complexity index is 867. The molecule has 0 aliphatic rings. The molecule has 0 bridgehead atoms. The fraction of sp³-hybridized carbons (Fsp3) is 0.294. The maximum atomic E-state index is 12.1. The van der Waals surface area contributed by atoms with Crippen molar-refractivity contribution >= 4 is 33.1 Å². The van der Waals surface area contributed by atoms with Crippen LogP contribution in [0.4, 0.5) is 0 Å². The number of carbonyl (C=O) groups is 2. The zero-order valence-corrected chi connectivity index (χ0v) is 15.5. The van der Waals surface area contributed by atoms with Crippen molar-refractivity contribution in [2.45, 2.75) is 37.0 Å². The summed E-state index contributed by atoms with van der Waals surface area (Å²) >= 11 is 1.12. The van der Waals surface area contributed by atoms with Gasteiger partial charge in [-0.05, 0) is 43.7 Å². The lowest BCUT2D eigenvalue weighted by Gasteiger charge is -2.09. The minimum absolute atomic E-state index is 0.124. The largest absolute Gasteiger partial charge is 0.477 e. The number of sulfone groups is 1. The standard InChI is InChI=1S/C17H19NO5S2/c1-11(2)25(22,23)14-6-3-12(4-7-14)9-16(19)18-10-13-5-8-15(24-13)17(20)21/h3-8,11H,9-10H2,1-2H3,(H,18,19)(H,20,21). The lowest BCUT2D eigenvalue weighted by Crippen LogP contribution is -2.24. The van der Waals surface area contributed by atoms with Crippen LogP contribution in [0.3, 0.4) is 0 Å². The van der Waals surface area contributed by atoms with E-state index in [1.54, 1.807) is 32.0 Å². The summed E-state index contributed by atoms with van der Waals surface area (Å²) in [7, 11) is -3.32. The van der Waals surface area contributed by atoms with Crippen LogP contribution in [-0.2, 0) is 27.6 Å². The summed E-state index contributed by atoms with van der Waals surface area (Å²) in [6.45, 7) is 3.50. The van der Waals surface area contributed by atoms with E-state index < -0.39 is 21.1 Å². The van der Waals surface area contributed by atoms with Crippen molar-refractivity contribution in [3.63, 3.8) is 0 Å². The fourth-order valence-electron chi connectivity index (χ4n) is 2.09. The molecule has 0 aliphatic carbocycles. The molecule has 0 fully saturated rings. The van der Waals surface area contributed by atoms with Gasteiger partial charge in [-0.1, -0.05) is 12.1 Å². The smallest absolute Gasteiger partial charge is 0.345 e. The molecule has 0 saturated carbocycles. The Morgan fingerprint density at radius 1 is 1.12 bits per heavy atom. The van der Waals surface area contributed by atoms with Gasteiger partial charge in [0.25, 0.3) is 0 Å². The summed E-state index contributed by atoms with van der Waals surface area (Å²) in [6, 6.07) is 9.44. The predicted molar refractivity (Wildman–Crippen MR) is 95.6 cm³/mol. The third-order valence-electron chi connectivity index (χ3n) is 3.57. The SMILES string of the molecule is CC(C)S(=O)(=O)c1ccc(CC(=O)NCc2ccc(C(=O)O)s2)cc1. The number of benzene rings is 1. The van der Waals surface area contributed by atoms with Crippen molar-refractivity contribution in [3.05, 3.63) is 51.7 Å². The number of amides is 1. The van der Waals surface area contributed by atoms with Gasteiger partial charge in [0.2, 0.25) is 5.91 Å². The van der Waals surface area contributed by atoms with Crippen molar-refractivity contribution in [1.82, 2.24) is 5.32 Å². The second kappa shape index (κ2) is 7.79. The maximum absolute atomic E-state index is 12.1. The van der Waals surface area contributed by atoms with Gasteiger partial charge in [0.15, 0.2) is 9.84 Å². The van der Waals surface area contributed by atoms with E-state index in [1.165, 1.54) is 18.2 Å². The van der Waals surface area contributed by atoms with Gasteiger partial charge in [-0.3, -0.25) is 4.79 Å². The maximum Gasteiger partial charge on any atom is 0.345 e. The third kappa shape index (κ3) is 4.90. The Balaban J connectivity index is 1.93. The normalized spacial score (nSPS) is 11.5. The molecule has 2 N–H and O–H groups in total. The van der Waals surface area contributed by atoms with Gasteiger partial charge in [-0.2, -0.15) is 0 Å². The molecule has 0 atom stereocenters. The number of thiophene rings is 1. The highest BCUT2D eigenvalue weighted by Gasteiger charge is 2.18. The summed E-state index contributed by atoms with van der Waals surface area (Å²) in [5.74, 6) is -1.20. The number of aromatic carboxylic acids is 1. The molecule has 134 valence electrons. The van der Waals surface area contributed by atoms with Crippen molar-refractivity contribution in [3.8, 4) is 0 Å². The summed E-state index contributed by atoms with van der Waals surface area (Å²) < 4.78 is 24.1. The number of carbonyl (C=O) groups excluding carboxylic acids is 1. The number of hydrogen-bond donors (Lipinski definition) is 2. The van der Waals surface area contributed by atoms with E-state index in [1.807, 2.05) is 0 Å². The molecule has 1 aromatic heterocycles. The van der Waals surface area contributed by atoms with Gasteiger partial charge in [0.1, 0.15) is 4.88 Å². The monoisotopic (exact) mass is 381 g/mol. The lowest BCUT2D eigenvalue weighted by atomic mass is 10.1. The molecular formula is C17H19NO5S2. The highest BCUT2D eigenvalue weighted by atomic mass is 32.2. The predicted octanol–water partition coefficient (Wildman–Crippen LogP) is 2.49. The molecule has 2 aromatic rings. The second-order valence-electron chi connectivity index (χ2n) is 5.76. The van der Waals surface area contributed by atoms with Gasteiger partial charge >= 0.3 is 5.97 Å². The first-order valence-electron chi connectivity index (χ1n) is 7.61. The first-order valence-corrected chi connectivity index (χ1v) is 9.98. The summed E-state index contributed by atoms with van der Waals surface area (Å²) in [5.41, 5.74) is 0.706. The highest BCUT2D eigenvalue weighted by Crippen LogP contribution is 2.17. The van der Waals surface area contributed by atoms with Crippen molar-refractivity contribution in [2.24, 2.45) is 0 Å². The van der Waals surface area contributed by atoms with E-state index in [2.05, 4.69) is 5.32 Å². The quantitative estimate of drug-likeness (QED) is 0.767. The summed E-state index contributed by atoms with van der Waals surface area (Å²) in [6.07, 6.45) is 0.124. The van der Waals surface area contributed by atoms with E-state index in [4.69, 9.17) is 5.11 Å². The molecule has 1 amide bonds. The molecule has 0 unspecified atom stereocenters. The molecule has 6 nitrogen and oxygen atoms in total. The number of nitrogens with one attached hydrogen (secondary N) is 1. The Morgan fingerprint density at radius 2 is 1.76 bits per heavy atom. The van der Waals surface area contributed by atoms with Gasteiger partial charge in [0.05, 0.1) is 23.1 Å². The van der Waals surface area contributed by atoms with E-state index >= 15 is 0 Å². The Labute approximate surface area is 150 Å². The van der Waals surface area contributed by atoms with Crippen LogP contribution in [0.25, 0.3) is 0 Å². The lowest BCUT2D eigenvalue weighted by molar-refractivity contribution is -0.120.